The number of anilines is 1. The van der Waals surface area contributed by atoms with E-state index < -0.39 is 24.3 Å². The molecule has 0 unspecified atom stereocenters. The lowest BCUT2D eigenvalue weighted by molar-refractivity contribution is -0.193. The summed E-state index contributed by atoms with van der Waals surface area (Å²) in [4.78, 5) is 27.3. The molecule has 2 aliphatic rings. The zero-order chi connectivity index (χ0) is 31.1. The van der Waals surface area contributed by atoms with Gasteiger partial charge in [-0.15, -0.1) is 5.10 Å². The number of aliphatic hydroxyl groups is 1. The van der Waals surface area contributed by atoms with Crippen LogP contribution in [0.5, 0.6) is 0 Å². The van der Waals surface area contributed by atoms with Crippen LogP contribution in [-0.2, 0) is 22.7 Å². The van der Waals surface area contributed by atoms with Gasteiger partial charge in [0.1, 0.15) is 0 Å². The normalized spacial score (nSPS) is 18.3. The number of rotatable bonds is 5. The van der Waals surface area contributed by atoms with Gasteiger partial charge in [-0.3, -0.25) is 9.58 Å². The van der Waals surface area contributed by atoms with E-state index in [1.165, 1.54) is 4.70 Å². The smallest absolute Gasteiger partial charge is 0.475 e. The maximum absolute atomic E-state index is 10.6. The second-order valence-corrected chi connectivity index (χ2v) is 10.6. The van der Waals surface area contributed by atoms with Gasteiger partial charge in [-0.05, 0) is 37.3 Å². The molecule has 11 nitrogen and oxygen atoms in total. The van der Waals surface area contributed by atoms with Gasteiger partial charge in [-0.1, -0.05) is 28.7 Å². The maximum atomic E-state index is 10.6. The van der Waals surface area contributed by atoms with Gasteiger partial charge in [-0.25, -0.2) is 14.6 Å². The van der Waals surface area contributed by atoms with E-state index in [2.05, 4.69) is 50.6 Å². The van der Waals surface area contributed by atoms with Crippen molar-refractivity contribution in [2.75, 3.05) is 31.1 Å². The van der Waals surface area contributed by atoms with E-state index in [0.29, 0.717) is 5.92 Å². The predicted molar refractivity (Wildman–Crippen MR) is 138 cm³/mol. The fourth-order valence-corrected chi connectivity index (χ4v) is 5.27. The number of carbonyl (C=O) groups is 2. The zero-order valence-electron chi connectivity index (χ0n) is 21.9. The molecule has 0 aliphatic carbocycles. The zero-order valence-corrected chi connectivity index (χ0v) is 22.7. The molecule has 0 amide bonds. The highest BCUT2D eigenvalue weighted by atomic mass is 32.1. The number of aliphatic carboxylic acids is 2. The van der Waals surface area contributed by atoms with Crippen LogP contribution in [0.25, 0.3) is 10.2 Å². The second kappa shape index (κ2) is 14.1. The minimum Gasteiger partial charge on any atom is -0.475 e. The average Bonchev–Trinajstić information content (AvgIpc) is 3.64. The number of aromatic nitrogens is 4. The van der Waals surface area contributed by atoms with E-state index in [1.807, 2.05) is 4.68 Å². The number of aliphatic hydroxyl groups excluding tert-OH is 1. The minimum atomic E-state index is -5.08. The summed E-state index contributed by atoms with van der Waals surface area (Å²) in [6.07, 6.45) is -5.10. The lowest BCUT2D eigenvalue weighted by Crippen LogP contribution is -2.35. The molecule has 2 saturated heterocycles. The largest absolute Gasteiger partial charge is 0.490 e. The van der Waals surface area contributed by atoms with E-state index in [4.69, 9.17) is 24.8 Å². The number of hydrogen-bond acceptors (Lipinski definition) is 9. The Morgan fingerprint density at radius 1 is 0.952 bits per heavy atom. The number of nitrogens with zero attached hydrogens (tertiary/aromatic N) is 6. The average molecular weight is 627 g/mol. The molecule has 1 atom stereocenters. The fourth-order valence-electron chi connectivity index (χ4n) is 4.25. The molecule has 232 valence electrons. The van der Waals surface area contributed by atoms with Crippen LogP contribution in [0.2, 0.25) is 0 Å². The molecule has 3 aromatic rings. The Kier molecular flexibility index (Phi) is 11.1. The van der Waals surface area contributed by atoms with E-state index in [0.717, 1.165) is 74.9 Å². The SMILES string of the molecule is O=C(O)C(F)(F)F.O=C(O)C(F)(F)F.O[C@H]1CCN(Cc2cn(CC3CCN(c4nc5ccccc5s4)CC3)nn2)C1. The molecule has 1 aromatic carbocycles. The van der Waals surface area contributed by atoms with Gasteiger partial charge < -0.3 is 20.2 Å². The lowest BCUT2D eigenvalue weighted by atomic mass is 9.97. The molecule has 0 spiro atoms. The fraction of sp³-hybridized carbons (Fsp3) is 0.542. The molecule has 0 bridgehead atoms. The van der Waals surface area contributed by atoms with Gasteiger partial charge in [0, 0.05) is 45.5 Å². The Bertz CT molecular complexity index is 1270. The minimum absolute atomic E-state index is 0.185. The Balaban J connectivity index is 0.000000289. The van der Waals surface area contributed by atoms with E-state index in [1.54, 1.807) is 11.3 Å². The standard InChI is InChI=1S/C20H26N6OS.2C2HF3O2/c27-17-7-8-24(14-17)12-16-13-26(23-22-16)11-15-5-9-25(10-6-15)20-21-18-3-1-2-4-19(18)28-20;2*3-2(4,5)1(6)7/h1-4,13,15,17,27H,5-12,14H2;2*(H,6,7)/t17-;;/m0../s1. The van der Waals surface area contributed by atoms with Crippen molar-refractivity contribution in [2.45, 2.75) is 50.8 Å². The van der Waals surface area contributed by atoms with Crippen LogP contribution in [0.3, 0.4) is 0 Å². The lowest BCUT2D eigenvalue weighted by Gasteiger charge is -2.31. The number of halogens is 6. The van der Waals surface area contributed by atoms with Crippen LogP contribution in [0, 0.1) is 5.92 Å². The molecule has 5 rings (SSSR count). The number of alkyl halides is 6. The maximum Gasteiger partial charge on any atom is 0.490 e. The molecule has 2 fully saturated rings. The quantitative estimate of drug-likeness (QED) is 0.359. The Morgan fingerprint density at radius 2 is 1.55 bits per heavy atom. The van der Waals surface area contributed by atoms with Crippen LogP contribution < -0.4 is 4.90 Å². The summed E-state index contributed by atoms with van der Waals surface area (Å²) in [5.41, 5.74) is 2.10. The highest BCUT2D eigenvalue weighted by Crippen LogP contribution is 2.31. The van der Waals surface area contributed by atoms with Crippen LogP contribution in [-0.4, -0.2) is 96.8 Å². The summed E-state index contributed by atoms with van der Waals surface area (Å²) in [6, 6.07) is 8.37. The first-order valence-electron chi connectivity index (χ1n) is 12.6. The number of likely N-dealkylation sites (tertiary alicyclic amines) is 1. The Hall–Kier alpha value is -3.51. The van der Waals surface area contributed by atoms with Gasteiger partial charge in [0.05, 0.1) is 22.0 Å². The van der Waals surface area contributed by atoms with E-state index >= 15 is 0 Å². The van der Waals surface area contributed by atoms with Gasteiger partial charge in [0.25, 0.3) is 0 Å². The van der Waals surface area contributed by atoms with Crippen molar-refractivity contribution in [3.05, 3.63) is 36.2 Å². The van der Waals surface area contributed by atoms with Crippen LogP contribution in [0.4, 0.5) is 31.5 Å². The number of fused-ring (bicyclic) bond motifs is 1. The third-order valence-electron chi connectivity index (χ3n) is 6.32. The van der Waals surface area contributed by atoms with Gasteiger partial charge in [-0.2, -0.15) is 26.3 Å². The predicted octanol–water partition coefficient (Wildman–Crippen LogP) is 3.64. The Morgan fingerprint density at radius 3 is 2.07 bits per heavy atom. The van der Waals surface area contributed by atoms with Crippen molar-refractivity contribution in [1.82, 2.24) is 24.9 Å². The van der Waals surface area contributed by atoms with Gasteiger partial charge in [0.2, 0.25) is 0 Å². The Labute approximate surface area is 239 Å². The topological polar surface area (TPSA) is 145 Å². The van der Waals surface area contributed by atoms with Crippen molar-refractivity contribution in [2.24, 2.45) is 5.92 Å². The number of carboxylic acid groups (broad SMARTS) is 2. The number of thiazole rings is 1. The van der Waals surface area contributed by atoms with Gasteiger partial charge in [0.15, 0.2) is 5.13 Å². The van der Waals surface area contributed by atoms with Crippen molar-refractivity contribution in [3.63, 3.8) is 0 Å². The van der Waals surface area contributed by atoms with Crippen molar-refractivity contribution < 1.29 is 51.3 Å². The first kappa shape index (κ1) is 33.0. The number of para-hydroxylation sites is 1. The number of carboxylic acids is 2. The third kappa shape index (κ3) is 10.1. The summed E-state index contributed by atoms with van der Waals surface area (Å²) < 4.78 is 66.7. The van der Waals surface area contributed by atoms with Crippen molar-refractivity contribution >= 4 is 38.6 Å². The molecular formula is C24H28F6N6O5S. The molecule has 42 heavy (non-hydrogen) atoms. The molecule has 0 saturated carbocycles. The summed E-state index contributed by atoms with van der Waals surface area (Å²) >= 11 is 1.79. The molecule has 2 aliphatic heterocycles. The molecule has 4 heterocycles. The number of benzene rings is 1. The highest BCUT2D eigenvalue weighted by Gasteiger charge is 2.39. The first-order valence-corrected chi connectivity index (χ1v) is 13.4. The third-order valence-corrected chi connectivity index (χ3v) is 7.41. The van der Waals surface area contributed by atoms with Crippen LogP contribution in [0.15, 0.2) is 30.5 Å². The van der Waals surface area contributed by atoms with Crippen molar-refractivity contribution in [3.8, 4) is 0 Å². The highest BCUT2D eigenvalue weighted by molar-refractivity contribution is 7.22. The number of β-amino-alcohol motifs (C(OH)–C–C–N with tert-alkyl or cyclic N) is 1. The summed E-state index contributed by atoms with van der Waals surface area (Å²) in [5.74, 6) is -4.88. The van der Waals surface area contributed by atoms with Crippen LogP contribution in [0.1, 0.15) is 25.0 Å². The van der Waals surface area contributed by atoms with Crippen LogP contribution >= 0.6 is 11.3 Å². The van der Waals surface area contributed by atoms with E-state index in [9.17, 15) is 31.4 Å². The second-order valence-electron chi connectivity index (χ2n) is 9.61. The molecule has 0 radical (unpaired) electrons. The summed E-state index contributed by atoms with van der Waals surface area (Å²) in [7, 11) is 0. The van der Waals surface area contributed by atoms with E-state index in [-0.39, 0.29) is 6.10 Å². The monoisotopic (exact) mass is 626 g/mol. The summed E-state index contributed by atoms with van der Waals surface area (Å²) in [6.45, 7) is 5.52. The molecule has 3 N–H and O–H groups in total. The molecule has 18 heteroatoms. The number of piperidine rings is 1. The van der Waals surface area contributed by atoms with Crippen molar-refractivity contribution in [1.29, 1.82) is 0 Å². The van der Waals surface area contributed by atoms with Gasteiger partial charge >= 0.3 is 24.3 Å². The number of hydrogen-bond donors (Lipinski definition) is 3. The first-order chi connectivity index (χ1) is 19.6. The molecular weight excluding hydrogens is 598 g/mol. The molecule has 2 aromatic heterocycles. The summed E-state index contributed by atoms with van der Waals surface area (Å²) in [5, 5.41) is 33.7.